The molecule has 4 rings (SSSR count). The molecule has 1 aliphatic heterocycles. The van der Waals surface area contributed by atoms with Crippen molar-refractivity contribution in [3.05, 3.63) is 66.2 Å². The van der Waals surface area contributed by atoms with Crippen LogP contribution in [0, 0.1) is 12.8 Å². The summed E-state index contributed by atoms with van der Waals surface area (Å²) in [5.41, 5.74) is 4.42. The number of piperidine rings is 1. The van der Waals surface area contributed by atoms with Crippen molar-refractivity contribution in [1.29, 1.82) is 0 Å². The lowest BCUT2D eigenvalue weighted by molar-refractivity contribution is -0.126. The number of hydrogen-bond donors (Lipinski definition) is 1. The average molecular weight is 390 g/mol. The summed E-state index contributed by atoms with van der Waals surface area (Å²) >= 11 is 0. The Bertz CT molecular complexity index is 946. The molecule has 1 fully saturated rings. The third kappa shape index (κ3) is 4.29. The van der Waals surface area contributed by atoms with E-state index in [1.807, 2.05) is 43.6 Å². The first-order valence-electron chi connectivity index (χ1n) is 10.0. The second-order valence-corrected chi connectivity index (χ2v) is 7.59. The monoisotopic (exact) mass is 390 g/mol. The standard InChI is InChI=1S/C22H26N6O/c1-16-15-23-10-7-21(16)27-12-8-19(9-13-27)22(29)25-17(2)18-3-5-20(6-4-18)28-14-11-24-26-28/h3-7,10-11,14-15,17,19H,8-9,12-13H2,1-2H3,(H,25,29). The Hall–Kier alpha value is -3.22. The van der Waals surface area contributed by atoms with Crippen LogP contribution in [-0.4, -0.2) is 39.0 Å². The number of hydrogen-bond acceptors (Lipinski definition) is 5. The summed E-state index contributed by atoms with van der Waals surface area (Å²) in [6.07, 6.45) is 8.91. The minimum Gasteiger partial charge on any atom is -0.371 e. The number of nitrogens with one attached hydrogen (secondary N) is 1. The number of benzene rings is 1. The molecule has 29 heavy (non-hydrogen) atoms. The van der Waals surface area contributed by atoms with Gasteiger partial charge < -0.3 is 10.2 Å². The second kappa shape index (κ2) is 8.43. The fraction of sp³-hybridized carbons (Fsp3) is 0.364. The molecule has 7 heteroatoms. The predicted octanol–water partition coefficient (Wildman–Crippen LogP) is 3.06. The van der Waals surface area contributed by atoms with Crippen molar-refractivity contribution in [3.8, 4) is 5.69 Å². The van der Waals surface area contributed by atoms with Crippen LogP contribution in [0.1, 0.15) is 36.9 Å². The first kappa shape index (κ1) is 19.1. The van der Waals surface area contributed by atoms with Crippen molar-refractivity contribution in [2.75, 3.05) is 18.0 Å². The molecular weight excluding hydrogens is 364 g/mol. The van der Waals surface area contributed by atoms with Crippen LogP contribution in [0.4, 0.5) is 5.69 Å². The molecular formula is C22H26N6O. The maximum atomic E-state index is 12.8. The number of rotatable bonds is 5. The van der Waals surface area contributed by atoms with E-state index in [0.29, 0.717) is 0 Å². The summed E-state index contributed by atoms with van der Waals surface area (Å²) < 4.78 is 1.71. The first-order valence-corrected chi connectivity index (χ1v) is 10.0. The van der Waals surface area contributed by atoms with Crippen LogP contribution < -0.4 is 10.2 Å². The number of aryl methyl sites for hydroxylation is 1. The zero-order valence-corrected chi connectivity index (χ0v) is 16.8. The molecule has 150 valence electrons. The zero-order valence-electron chi connectivity index (χ0n) is 16.8. The molecule has 1 atom stereocenters. The van der Waals surface area contributed by atoms with Gasteiger partial charge >= 0.3 is 0 Å². The van der Waals surface area contributed by atoms with Crippen molar-refractivity contribution < 1.29 is 4.79 Å². The Labute approximate surface area is 170 Å². The Morgan fingerprint density at radius 2 is 1.90 bits per heavy atom. The molecule has 0 spiro atoms. The van der Waals surface area contributed by atoms with E-state index < -0.39 is 0 Å². The molecule has 1 unspecified atom stereocenters. The van der Waals surface area contributed by atoms with E-state index in [1.165, 1.54) is 11.3 Å². The Morgan fingerprint density at radius 1 is 1.14 bits per heavy atom. The number of carbonyl (C=O) groups is 1. The summed E-state index contributed by atoms with van der Waals surface area (Å²) in [6, 6.07) is 10.0. The highest BCUT2D eigenvalue weighted by atomic mass is 16.1. The molecule has 0 aliphatic carbocycles. The lowest BCUT2D eigenvalue weighted by Gasteiger charge is -2.34. The highest BCUT2D eigenvalue weighted by Crippen LogP contribution is 2.26. The van der Waals surface area contributed by atoms with Crippen LogP contribution in [0.15, 0.2) is 55.1 Å². The van der Waals surface area contributed by atoms with Crippen molar-refractivity contribution >= 4 is 11.6 Å². The molecule has 0 radical (unpaired) electrons. The van der Waals surface area contributed by atoms with Crippen molar-refractivity contribution in [1.82, 2.24) is 25.3 Å². The number of amides is 1. The number of pyridine rings is 1. The van der Waals surface area contributed by atoms with Crippen LogP contribution in [0.25, 0.3) is 5.69 Å². The number of aromatic nitrogens is 4. The molecule has 1 saturated heterocycles. The van der Waals surface area contributed by atoms with Gasteiger partial charge in [-0.25, -0.2) is 4.68 Å². The molecule has 0 saturated carbocycles. The lowest BCUT2D eigenvalue weighted by atomic mass is 9.94. The van der Waals surface area contributed by atoms with E-state index in [2.05, 4.69) is 38.5 Å². The zero-order chi connectivity index (χ0) is 20.2. The van der Waals surface area contributed by atoms with Gasteiger partial charge in [0.15, 0.2) is 0 Å². The lowest BCUT2D eigenvalue weighted by Crippen LogP contribution is -2.41. The molecule has 7 nitrogen and oxygen atoms in total. The largest absolute Gasteiger partial charge is 0.371 e. The Balaban J connectivity index is 1.32. The van der Waals surface area contributed by atoms with E-state index in [9.17, 15) is 4.79 Å². The minimum atomic E-state index is -0.0345. The van der Waals surface area contributed by atoms with E-state index in [1.54, 1.807) is 17.1 Å². The number of anilines is 1. The molecule has 1 aromatic carbocycles. The van der Waals surface area contributed by atoms with Crippen molar-refractivity contribution in [2.45, 2.75) is 32.7 Å². The normalized spacial score (nSPS) is 15.9. The molecule has 1 amide bonds. The third-order valence-electron chi connectivity index (χ3n) is 5.64. The summed E-state index contributed by atoms with van der Waals surface area (Å²) in [6.45, 7) is 5.89. The van der Waals surface area contributed by atoms with Gasteiger partial charge in [0.25, 0.3) is 0 Å². The van der Waals surface area contributed by atoms with Crippen molar-refractivity contribution in [2.24, 2.45) is 5.92 Å². The molecule has 1 aliphatic rings. The second-order valence-electron chi connectivity index (χ2n) is 7.59. The topological polar surface area (TPSA) is 75.9 Å². The van der Waals surface area contributed by atoms with Crippen molar-refractivity contribution in [3.63, 3.8) is 0 Å². The molecule has 3 heterocycles. The van der Waals surface area contributed by atoms with Crippen LogP contribution >= 0.6 is 0 Å². The Morgan fingerprint density at radius 3 is 2.55 bits per heavy atom. The van der Waals surface area contributed by atoms with Gasteiger partial charge in [-0.1, -0.05) is 17.3 Å². The number of carbonyl (C=O) groups excluding carboxylic acids is 1. The van der Waals surface area contributed by atoms with Crippen LogP contribution in [-0.2, 0) is 4.79 Å². The average Bonchev–Trinajstić information content (AvgIpc) is 3.29. The fourth-order valence-corrected chi connectivity index (χ4v) is 3.88. The fourth-order valence-electron chi connectivity index (χ4n) is 3.88. The van der Waals surface area contributed by atoms with E-state index in [0.717, 1.165) is 37.2 Å². The molecule has 0 bridgehead atoms. The Kier molecular flexibility index (Phi) is 5.55. The molecule has 1 N–H and O–H groups in total. The van der Waals surface area contributed by atoms with E-state index >= 15 is 0 Å². The van der Waals surface area contributed by atoms with Gasteiger partial charge in [0.2, 0.25) is 5.91 Å². The smallest absolute Gasteiger partial charge is 0.223 e. The van der Waals surface area contributed by atoms with Gasteiger partial charge in [0.05, 0.1) is 24.1 Å². The van der Waals surface area contributed by atoms with Gasteiger partial charge in [0, 0.05) is 37.1 Å². The summed E-state index contributed by atoms with van der Waals surface area (Å²) in [7, 11) is 0. The van der Waals surface area contributed by atoms with E-state index in [4.69, 9.17) is 0 Å². The van der Waals surface area contributed by atoms with Gasteiger partial charge in [-0.05, 0) is 56.0 Å². The van der Waals surface area contributed by atoms with E-state index in [-0.39, 0.29) is 17.9 Å². The predicted molar refractivity (Wildman–Crippen MR) is 112 cm³/mol. The van der Waals surface area contributed by atoms with Gasteiger partial charge in [-0.3, -0.25) is 9.78 Å². The SMILES string of the molecule is Cc1cnccc1N1CCC(C(=O)NC(C)c2ccc(-n3ccnn3)cc2)CC1. The maximum absolute atomic E-state index is 12.8. The van der Waals surface area contributed by atoms with Crippen LogP contribution in [0.2, 0.25) is 0 Å². The third-order valence-corrected chi connectivity index (χ3v) is 5.64. The number of nitrogens with zero attached hydrogens (tertiary/aromatic N) is 5. The highest BCUT2D eigenvalue weighted by molar-refractivity contribution is 5.79. The van der Waals surface area contributed by atoms with Gasteiger partial charge in [-0.2, -0.15) is 0 Å². The highest BCUT2D eigenvalue weighted by Gasteiger charge is 2.26. The maximum Gasteiger partial charge on any atom is 0.223 e. The van der Waals surface area contributed by atoms with Gasteiger partial charge in [-0.15, -0.1) is 5.10 Å². The summed E-state index contributed by atoms with van der Waals surface area (Å²) in [4.78, 5) is 19.3. The first-order chi connectivity index (χ1) is 14.1. The van der Waals surface area contributed by atoms with Crippen LogP contribution in [0.3, 0.4) is 0 Å². The molecule has 3 aromatic rings. The van der Waals surface area contributed by atoms with Crippen LogP contribution in [0.5, 0.6) is 0 Å². The molecule has 2 aromatic heterocycles. The summed E-state index contributed by atoms with van der Waals surface area (Å²) in [5.74, 6) is 0.203. The van der Waals surface area contributed by atoms with Gasteiger partial charge in [0.1, 0.15) is 0 Å². The minimum absolute atomic E-state index is 0.0345. The summed E-state index contributed by atoms with van der Waals surface area (Å²) in [5, 5.41) is 11.0. The quantitative estimate of drug-likeness (QED) is 0.725.